The van der Waals surface area contributed by atoms with Crippen molar-refractivity contribution in [2.75, 3.05) is 6.61 Å². The predicted molar refractivity (Wildman–Crippen MR) is 67.7 cm³/mol. The van der Waals surface area contributed by atoms with Crippen molar-refractivity contribution >= 4 is 5.91 Å². The summed E-state index contributed by atoms with van der Waals surface area (Å²) in [6, 6.07) is 6.11. The summed E-state index contributed by atoms with van der Waals surface area (Å²) in [5.74, 6) is -0.628. The summed E-state index contributed by atoms with van der Waals surface area (Å²) < 4.78 is 5.39. The van der Waals surface area contributed by atoms with Gasteiger partial charge in [0, 0.05) is 5.56 Å². The first-order valence-electron chi connectivity index (χ1n) is 6.16. The van der Waals surface area contributed by atoms with Crippen LogP contribution in [0.5, 0.6) is 0 Å². The van der Waals surface area contributed by atoms with E-state index in [0.29, 0.717) is 5.56 Å². The SMILES string of the molecule is NC(=O)c1cccc(C2O[C@H](CO)[C@@H](O)[C@H](O)[C@H]2O)c1. The smallest absolute Gasteiger partial charge is 0.248 e. The van der Waals surface area contributed by atoms with Gasteiger partial charge in [-0.25, -0.2) is 0 Å². The minimum absolute atomic E-state index is 0.236. The Morgan fingerprint density at radius 3 is 2.50 bits per heavy atom. The van der Waals surface area contributed by atoms with Gasteiger partial charge in [-0.3, -0.25) is 4.79 Å². The molecule has 5 atom stereocenters. The number of benzene rings is 1. The monoisotopic (exact) mass is 283 g/mol. The summed E-state index contributed by atoms with van der Waals surface area (Å²) >= 11 is 0. The lowest BCUT2D eigenvalue weighted by Crippen LogP contribution is -2.55. The molecule has 1 aromatic rings. The third-order valence-electron chi connectivity index (χ3n) is 3.39. The first kappa shape index (κ1) is 14.9. The van der Waals surface area contributed by atoms with Crippen LogP contribution in [0.25, 0.3) is 0 Å². The molecule has 7 nitrogen and oxygen atoms in total. The quantitative estimate of drug-likeness (QED) is 0.449. The van der Waals surface area contributed by atoms with Crippen LogP contribution in [0.15, 0.2) is 24.3 Å². The molecular weight excluding hydrogens is 266 g/mol. The minimum Gasteiger partial charge on any atom is -0.394 e. The van der Waals surface area contributed by atoms with E-state index in [2.05, 4.69) is 0 Å². The van der Waals surface area contributed by atoms with Crippen LogP contribution in [0.2, 0.25) is 0 Å². The number of hydrogen-bond acceptors (Lipinski definition) is 6. The normalized spacial score (nSPS) is 33.9. The van der Waals surface area contributed by atoms with E-state index in [1.165, 1.54) is 12.1 Å². The van der Waals surface area contributed by atoms with Gasteiger partial charge in [-0.1, -0.05) is 12.1 Å². The van der Waals surface area contributed by atoms with Crippen LogP contribution in [0, 0.1) is 0 Å². The molecular formula is C13H17NO6. The van der Waals surface area contributed by atoms with Gasteiger partial charge in [-0.05, 0) is 17.7 Å². The number of aliphatic hydroxyl groups is 4. The Kier molecular flexibility index (Phi) is 4.36. The van der Waals surface area contributed by atoms with E-state index in [1.807, 2.05) is 0 Å². The topological polar surface area (TPSA) is 133 Å². The molecule has 1 saturated heterocycles. The number of primary amides is 1. The molecule has 6 N–H and O–H groups in total. The van der Waals surface area contributed by atoms with E-state index in [9.17, 15) is 20.1 Å². The number of carbonyl (C=O) groups is 1. The summed E-state index contributed by atoms with van der Waals surface area (Å²) in [6.45, 7) is -0.503. The number of ether oxygens (including phenoxy) is 1. The van der Waals surface area contributed by atoms with Crippen molar-refractivity contribution in [3.8, 4) is 0 Å². The van der Waals surface area contributed by atoms with Crippen LogP contribution in [-0.2, 0) is 4.74 Å². The molecule has 1 amide bonds. The fourth-order valence-electron chi connectivity index (χ4n) is 2.25. The molecule has 1 fully saturated rings. The van der Waals surface area contributed by atoms with E-state index in [-0.39, 0.29) is 5.56 Å². The molecule has 1 aromatic carbocycles. The summed E-state index contributed by atoms with van der Waals surface area (Å²) in [4.78, 5) is 11.1. The van der Waals surface area contributed by atoms with Crippen molar-refractivity contribution < 1.29 is 30.0 Å². The van der Waals surface area contributed by atoms with Gasteiger partial charge in [0.1, 0.15) is 30.5 Å². The zero-order valence-corrected chi connectivity index (χ0v) is 10.6. The Balaban J connectivity index is 2.31. The van der Waals surface area contributed by atoms with Gasteiger partial charge in [-0.2, -0.15) is 0 Å². The van der Waals surface area contributed by atoms with E-state index in [0.717, 1.165) is 0 Å². The van der Waals surface area contributed by atoms with Crippen molar-refractivity contribution in [2.24, 2.45) is 5.73 Å². The molecule has 0 bridgehead atoms. The van der Waals surface area contributed by atoms with Crippen molar-refractivity contribution in [1.29, 1.82) is 0 Å². The largest absolute Gasteiger partial charge is 0.394 e. The van der Waals surface area contributed by atoms with Gasteiger partial charge in [-0.15, -0.1) is 0 Å². The maximum atomic E-state index is 11.1. The molecule has 0 saturated carbocycles. The van der Waals surface area contributed by atoms with Crippen LogP contribution in [0.1, 0.15) is 22.0 Å². The second-order valence-electron chi connectivity index (χ2n) is 4.74. The van der Waals surface area contributed by atoms with Crippen molar-refractivity contribution in [3.05, 3.63) is 35.4 Å². The van der Waals surface area contributed by atoms with E-state index in [4.69, 9.17) is 15.6 Å². The lowest BCUT2D eigenvalue weighted by atomic mass is 9.90. The van der Waals surface area contributed by atoms with Gasteiger partial charge in [0.2, 0.25) is 5.91 Å². The second kappa shape index (κ2) is 5.86. The highest BCUT2D eigenvalue weighted by Crippen LogP contribution is 2.32. The lowest BCUT2D eigenvalue weighted by molar-refractivity contribution is -0.231. The second-order valence-corrected chi connectivity index (χ2v) is 4.74. The lowest BCUT2D eigenvalue weighted by Gasteiger charge is -2.40. The maximum Gasteiger partial charge on any atom is 0.248 e. The van der Waals surface area contributed by atoms with E-state index < -0.39 is 43.0 Å². The Morgan fingerprint density at radius 2 is 1.90 bits per heavy atom. The van der Waals surface area contributed by atoms with Crippen LogP contribution in [-0.4, -0.2) is 57.4 Å². The van der Waals surface area contributed by atoms with Gasteiger partial charge in [0.15, 0.2) is 0 Å². The molecule has 2 rings (SSSR count). The molecule has 0 aliphatic carbocycles. The molecule has 1 aliphatic heterocycles. The molecule has 0 radical (unpaired) electrons. The Hall–Kier alpha value is -1.51. The summed E-state index contributed by atoms with van der Waals surface area (Å²) in [7, 11) is 0. The van der Waals surface area contributed by atoms with Gasteiger partial charge in [0.05, 0.1) is 6.61 Å². The summed E-state index contributed by atoms with van der Waals surface area (Å²) in [5.41, 5.74) is 5.84. The van der Waals surface area contributed by atoms with Crippen LogP contribution < -0.4 is 5.73 Å². The first-order chi connectivity index (χ1) is 9.45. The third kappa shape index (κ3) is 2.67. The number of rotatable bonds is 3. The predicted octanol–water partition coefficient (Wildman–Crippen LogP) is -1.70. The van der Waals surface area contributed by atoms with E-state index >= 15 is 0 Å². The number of nitrogens with two attached hydrogens (primary N) is 1. The number of carbonyl (C=O) groups excluding carboxylic acids is 1. The van der Waals surface area contributed by atoms with Crippen molar-refractivity contribution in [2.45, 2.75) is 30.5 Å². The molecule has 0 aromatic heterocycles. The average Bonchev–Trinajstić information content (AvgIpc) is 2.45. The van der Waals surface area contributed by atoms with Crippen LogP contribution in [0.4, 0.5) is 0 Å². The highest BCUT2D eigenvalue weighted by molar-refractivity contribution is 5.92. The Bertz CT molecular complexity index is 492. The fraction of sp³-hybridized carbons (Fsp3) is 0.462. The highest BCUT2D eigenvalue weighted by atomic mass is 16.5. The van der Waals surface area contributed by atoms with Crippen molar-refractivity contribution in [3.63, 3.8) is 0 Å². The molecule has 20 heavy (non-hydrogen) atoms. The minimum atomic E-state index is -1.46. The Morgan fingerprint density at radius 1 is 1.20 bits per heavy atom. The molecule has 110 valence electrons. The number of amides is 1. The zero-order valence-electron chi connectivity index (χ0n) is 10.6. The number of hydrogen-bond donors (Lipinski definition) is 5. The Labute approximate surface area is 115 Å². The van der Waals surface area contributed by atoms with Gasteiger partial charge in [0.25, 0.3) is 0 Å². The van der Waals surface area contributed by atoms with Crippen LogP contribution >= 0.6 is 0 Å². The zero-order chi connectivity index (χ0) is 14.9. The fourth-order valence-corrected chi connectivity index (χ4v) is 2.25. The molecule has 1 aliphatic rings. The summed E-state index contributed by atoms with van der Waals surface area (Å²) in [5, 5.41) is 38.5. The van der Waals surface area contributed by atoms with Gasteiger partial charge < -0.3 is 30.9 Å². The first-order valence-corrected chi connectivity index (χ1v) is 6.16. The molecule has 1 heterocycles. The van der Waals surface area contributed by atoms with Crippen molar-refractivity contribution in [1.82, 2.24) is 0 Å². The maximum absolute atomic E-state index is 11.1. The number of aliphatic hydroxyl groups excluding tert-OH is 4. The van der Waals surface area contributed by atoms with Crippen LogP contribution in [0.3, 0.4) is 0 Å². The summed E-state index contributed by atoms with van der Waals surface area (Å²) in [6.07, 6.45) is -6.20. The third-order valence-corrected chi connectivity index (χ3v) is 3.39. The molecule has 1 unspecified atom stereocenters. The highest BCUT2D eigenvalue weighted by Gasteiger charge is 2.43. The standard InChI is InChI=1S/C13H17NO6/c14-13(19)7-3-1-2-6(4-7)12-11(18)10(17)9(16)8(5-15)20-12/h1-4,8-12,15-18H,5H2,(H2,14,19)/t8-,9-,10+,11-,12?/m1/s1. The molecule has 0 spiro atoms. The molecule has 7 heteroatoms. The van der Waals surface area contributed by atoms with Gasteiger partial charge >= 0.3 is 0 Å². The van der Waals surface area contributed by atoms with E-state index in [1.54, 1.807) is 12.1 Å². The average molecular weight is 283 g/mol.